The third-order valence-electron chi connectivity index (χ3n) is 8.73. The minimum absolute atomic E-state index is 0.106. The molecule has 3 heterocycles. The van der Waals surface area contributed by atoms with E-state index >= 15 is 0 Å². The minimum atomic E-state index is -3.56. The van der Waals surface area contributed by atoms with Crippen LogP contribution in [0, 0.1) is 5.82 Å². The topological polar surface area (TPSA) is 146 Å². The molecule has 0 aliphatic carbocycles. The van der Waals surface area contributed by atoms with Crippen molar-refractivity contribution in [1.82, 2.24) is 24.4 Å². The number of rotatable bonds is 12. The fourth-order valence-corrected chi connectivity index (χ4v) is 8.15. The number of piperazine rings is 1. The Hall–Kier alpha value is -4.97. The number of phenols is 1. The number of fused-ring (bicyclic) bond motifs is 2. The first-order valence-electron chi connectivity index (χ1n) is 16.4. The predicted octanol–water partition coefficient (Wildman–Crippen LogP) is 5.36. The van der Waals surface area contributed by atoms with Crippen LogP contribution < -0.4 is 9.61 Å². The van der Waals surface area contributed by atoms with Crippen LogP contribution in [0.1, 0.15) is 29.8 Å². The number of nitrogens with zero attached hydrogens (tertiary/aromatic N) is 4. The number of hydrogen-bond acceptors (Lipinski definition) is 9. The highest BCUT2D eigenvalue weighted by Crippen LogP contribution is 2.44. The second kappa shape index (κ2) is 14.9. The third-order valence-corrected chi connectivity index (χ3v) is 10.8. The van der Waals surface area contributed by atoms with E-state index in [-0.39, 0.29) is 53.6 Å². The Bertz CT molecular complexity index is 2050. The Balaban J connectivity index is 1.20. The van der Waals surface area contributed by atoms with Gasteiger partial charge in [-0.1, -0.05) is 36.4 Å². The maximum atomic E-state index is 14.3. The number of aromatic nitrogens is 2. The summed E-state index contributed by atoms with van der Waals surface area (Å²) < 4.78 is 40.1. The van der Waals surface area contributed by atoms with Crippen molar-refractivity contribution in [3.8, 4) is 17.4 Å². The first-order valence-corrected chi connectivity index (χ1v) is 18.2. The van der Waals surface area contributed by atoms with E-state index in [1.165, 1.54) is 22.9 Å². The molecule has 2 aromatic heterocycles. The van der Waals surface area contributed by atoms with Crippen molar-refractivity contribution in [2.45, 2.75) is 26.4 Å². The molecule has 1 aliphatic heterocycles. The van der Waals surface area contributed by atoms with Gasteiger partial charge in [0.25, 0.3) is 5.91 Å². The molecule has 1 fully saturated rings. The smallest absolute Gasteiger partial charge is 0.323 e. The van der Waals surface area contributed by atoms with Gasteiger partial charge in [0.05, 0.1) is 30.3 Å². The average Bonchev–Trinajstić information content (AvgIpc) is 3.44. The van der Waals surface area contributed by atoms with E-state index in [4.69, 9.17) is 9.26 Å². The summed E-state index contributed by atoms with van der Waals surface area (Å²) in [6.07, 6.45) is 3.24. The number of para-hydroxylation sites is 1. The van der Waals surface area contributed by atoms with Gasteiger partial charge in [-0.15, -0.1) is 0 Å². The summed E-state index contributed by atoms with van der Waals surface area (Å²) in [6.45, 7) is 5.74. The van der Waals surface area contributed by atoms with E-state index in [0.29, 0.717) is 54.8 Å². The van der Waals surface area contributed by atoms with Gasteiger partial charge in [0.15, 0.2) is 5.75 Å². The largest absolute Gasteiger partial charge is 0.505 e. The fourth-order valence-electron chi connectivity index (χ4n) is 6.17. The molecule has 6 rings (SSSR count). The number of halogens is 1. The zero-order valence-corrected chi connectivity index (χ0v) is 28.7. The van der Waals surface area contributed by atoms with Gasteiger partial charge < -0.3 is 28.9 Å². The predicted molar refractivity (Wildman–Crippen MR) is 187 cm³/mol. The Kier molecular flexibility index (Phi) is 10.4. The Labute approximate surface area is 288 Å². The van der Waals surface area contributed by atoms with E-state index < -0.39 is 19.5 Å². The van der Waals surface area contributed by atoms with Gasteiger partial charge in [0.1, 0.15) is 23.1 Å². The number of ether oxygens (including phenoxy) is 1. The lowest BCUT2D eigenvalue weighted by Gasteiger charge is -2.35. The first kappa shape index (κ1) is 34.9. The van der Waals surface area contributed by atoms with Crippen LogP contribution in [0.25, 0.3) is 21.7 Å². The van der Waals surface area contributed by atoms with Crippen LogP contribution in [-0.2, 0) is 20.6 Å². The Morgan fingerprint density at radius 1 is 1.00 bits per heavy atom. The number of carbonyl (C=O) groups is 2. The van der Waals surface area contributed by atoms with Crippen LogP contribution in [0.2, 0.25) is 0 Å². The first-order chi connectivity index (χ1) is 24.1. The van der Waals surface area contributed by atoms with Crippen molar-refractivity contribution in [1.29, 1.82) is 0 Å². The molecule has 0 radical (unpaired) electrons. The molecule has 50 heavy (non-hydrogen) atoms. The van der Waals surface area contributed by atoms with E-state index in [1.807, 2.05) is 6.07 Å². The second-order valence-corrected chi connectivity index (χ2v) is 14.4. The van der Waals surface area contributed by atoms with Crippen LogP contribution >= 0.6 is 7.52 Å². The van der Waals surface area contributed by atoms with Crippen LogP contribution in [0.3, 0.4) is 0 Å². The number of amides is 1. The summed E-state index contributed by atoms with van der Waals surface area (Å²) in [6, 6.07) is 17.2. The zero-order chi connectivity index (χ0) is 35.4. The quantitative estimate of drug-likeness (QED) is 0.115. The summed E-state index contributed by atoms with van der Waals surface area (Å²) in [5.41, 5.74) is 1.22. The number of hydrogen-bond donors (Lipinski definition) is 3. The number of aromatic hydroxyl groups is 2. The number of esters is 1. The minimum Gasteiger partial charge on any atom is -0.505 e. The SMILES string of the molecule is CCOC(=O)[C@H](C)NP(=O)(CCN1CCN(C(=O)c2c3cccnc3c(O)c3c(O)n(Cc4ccc(F)cc4)cc23)CC1)Oc1ccccc1. The molecule has 262 valence electrons. The summed E-state index contributed by atoms with van der Waals surface area (Å²) in [5.74, 6) is -1.25. The van der Waals surface area contributed by atoms with Crippen LogP contribution in [0.4, 0.5) is 4.39 Å². The maximum Gasteiger partial charge on any atom is 0.323 e. The van der Waals surface area contributed by atoms with Crippen molar-refractivity contribution < 1.29 is 38.0 Å². The molecule has 0 spiro atoms. The van der Waals surface area contributed by atoms with Gasteiger partial charge in [-0.3, -0.25) is 24.0 Å². The van der Waals surface area contributed by atoms with E-state index in [9.17, 15) is 28.8 Å². The van der Waals surface area contributed by atoms with Gasteiger partial charge in [-0.25, -0.2) is 9.48 Å². The Morgan fingerprint density at radius 2 is 1.72 bits per heavy atom. The molecular weight excluding hydrogens is 664 g/mol. The molecule has 3 aromatic carbocycles. The molecule has 0 saturated carbocycles. The van der Waals surface area contributed by atoms with Crippen molar-refractivity contribution in [3.05, 3.63) is 96.1 Å². The lowest BCUT2D eigenvalue weighted by atomic mass is 10.00. The van der Waals surface area contributed by atoms with Gasteiger partial charge >= 0.3 is 13.5 Å². The van der Waals surface area contributed by atoms with Crippen molar-refractivity contribution in [2.24, 2.45) is 0 Å². The van der Waals surface area contributed by atoms with Crippen molar-refractivity contribution >= 4 is 41.1 Å². The molecule has 14 heteroatoms. The number of nitrogens with one attached hydrogen (secondary N) is 1. The second-order valence-electron chi connectivity index (χ2n) is 12.2. The van der Waals surface area contributed by atoms with Crippen LogP contribution in [0.15, 0.2) is 79.1 Å². The van der Waals surface area contributed by atoms with Crippen LogP contribution in [-0.4, -0.2) is 93.0 Å². The number of benzene rings is 3. The van der Waals surface area contributed by atoms with E-state index in [0.717, 1.165) is 5.56 Å². The molecular formula is C36H39FN5O7P. The average molecular weight is 704 g/mol. The van der Waals surface area contributed by atoms with Gasteiger partial charge in [0.2, 0.25) is 5.88 Å². The maximum absolute atomic E-state index is 14.3. The lowest BCUT2D eigenvalue weighted by Crippen LogP contribution is -2.49. The lowest BCUT2D eigenvalue weighted by molar-refractivity contribution is -0.144. The zero-order valence-electron chi connectivity index (χ0n) is 27.8. The number of carbonyl (C=O) groups excluding carboxylic acids is 2. The van der Waals surface area contributed by atoms with E-state index in [2.05, 4.69) is 15.0 Å². The highest BCUT2D eigenvalue weighted by molar-refractivity contribution is 7.57. The highest BCUT2D eigenvalue weighted by atomic mass is 31.2. The normalized spacial score (nSPS) is 15.5. The molecule has 5 aromatic rings. The monoisotopic (exact) mass is 703 g/mol. The van der Waals surface area contributed by atoms with Crippen molar-refractivity contribution in [3.63, 3.8) is 0 Å². The fraction of sp³-hybridized carbons (Fsp3) is 0.306. The summed E-state index contributed by atoms with van der Waals surface area (Å²) >= 11 is 0. The van der Waals surface area contributed by atoms with Gasteiger partial charge in [-0.2, -0.15) is 0 Å². The molecule has 0 bridgehead atoms. The summed E-state index contributed by atoms with van der Waals surface area (Å²) in [7, 11) is -3.56. The summed E-state index contributed by atoms with van der Waals surface area (Å²) in [5, 5.41) is 26.2. The molecule has 1 unspecified atom stereocenters. The van der Waals surface area contributed by atoms with E-state index in [1.54, 1.807) is 73.5 Å². The highest BCUT2D eigenvalue weighted by Gasteiger charge is 2.33. The molecule has 1 aliphatic rings. The number of phenolic OH excluding ortho intramolecular Hbond substituents is 1. The van der Waals surface area contributed by atoms with Gasteiger partial charge in [-0.05, 0) is 49.7 Å². The molecule has 3 N–H and O–H groups in total. The summed E-state index contributed by atoms with van der Waals surface area (Å²) in [4.78, 5) is 34.7. The standard InChI is InChI=1S/C36H39FN5O7P/c1-3-48-36(46)24(2)39-50(47,49-27-8-5-4-6-9-27)21-20-40-16-18-41(19-17-40)34(44)30-28-10-7-15-38-32(28)33(43)31-29(30)23-42(35(31)45)22-25-11-13-26(37)14-12-25/h4-15,23-24,43,45H,3,16-22H2,1-2H3,(H,39,47)/t24-,50?/m0/s1. The Morgan fingerprint density at radius 3 is 2.42 bits per heavy atom. The number of pyridine rings is 1. The van der Waals surface area contributed by atoms with Gasteiger partial charge in [0, 0.05) is 55.9 Å². The van der Waals surface area contributed by atoms with Crippen molar-refractivity contribution in [2.75, 3.05) is 45.5 Å². The van der Waals surface area contributed by atoms with Crippen LogP contribution in [0.5, 0.6) is 17.4 Å². The third kappa shape index (κ3) is 7.45. The molecule has 12 nitrogen and oxygen atoms in total. The molecule has 1 saturated heterocycles. The molecule has 2 atom stereocenters. The molecule has 1 amide bonds.